The Morgan fingerprint density at radius 2 is 2.03 bits per heavy atom. The van der Waals surface area contributed by atoms with Gasteiger partial charge in [0.2, 0.25) is 5.76 Å². The van der Waals surface area contributed by atoms with Gasteiger partial charge in [-0.05, 0) is 43.2 Å². The smallest absolute Gasteiger partial charge is 0.297 e. The molecule has 0 radical (unpaired) electrons. The Kier molecular flexibility index (Phi) is 5.72. The van der Waals surface area contributed by atoms with Gasteiger partial charge < -0.3 is 9.15 Å². The summed E-state index contributed by atoms with van der Waals surface area (Å²) in [7, 11) is 0. The molecular formula is C26H24N2O4S. The number of aromatic nitrogens is 1. The Morgan fingerprint density at radius 1 is 1.15 bits per heavy atom. The SMILES string of the molecule is CCCCCOc1cccc(C2c3c(oc4ccc(C)cc4c3=O)C(=O)N2c2nccs2)c1. The molecule has 1 amide bonds. The summed E-state index contributed by atoms with van der Waals surface area (Å²) in [6, 6.07) is 12.4. The molecule has 0 fully saturated rings. The number of fused-ring (bicyclic) bond motifs is 2. The van der Waals surface area contributed by atoms with Gasteiger partial charge in [0.1, 0.15) is 11.3 Å². The first-order valence-corrected chi connectivity index (χ1v) is 12.0. The van der Waals surface area contributed by atoms with E-state index < -0.39 is 6.04 Å². The van der Waals surface area contributed by atoms with Crippen LogP contribution in [0.4, 0.5) is 5.13 Å². The van der Waals surface area contributed by atoms with Crippen molar-refractivity contribution in [3.8, 4) is 5.75 Å². The highest BCUT2D eigenvalue weighted by Crippen LogP contribution is 2.42. The molecule has 1 atom stereocenters. The zero-order chi connectivity index (χ0) is 22.9. The molecule has 0 aliphatic carbocycles. The monoisotopic (exact) mass is 460 g/mol. The van der Waals surface area contributed by atoms with E-state index in [2.05, 4.69) is 11.9 Å². The van der Waals surface area contributed by atoms with Gasteiger partial charge in [-0.15, -0.1) is 11.3 Å². The second-order valence-corrected chi connectivity index (χ2v) is 9.07. The molecule has 4 aromatic rings. The minimum atomic E-state index is -0.640. The van der Waals surface area contributed by atoms with Crippen molar-refractivity contribution in [2.45, 2.75) is 39.2 Å². The fourth-order valence-corrected chi connectivity index (χ4v) is 4.92. The number of hydrogen-bond donors (Lipinski definition) is 0. The summed E-state index contributed by atoms with van der Waals surface area (Å²) in [5, 5.41) is 2.80. The summed E-state index contributed by atoms with van der Waals surface area (Å²) in [6.07, 6.45) is 4.85. The molecule has 168 valence electrons. The Labute approximate surface area is 195 Å². The molecule has 2 aromatic carbocycles. The van der Waals surface area contributed by atoms with Crippen molar-refractivity contribution < 1.29 is 13.9 Å². The van der Waals surface area contributed by atoms with Crippen molar-refractivity contribution in [1.29, 1.82) is 0 Å². The van der Waals surface area contributed by atoms with E-state index in [0.717, 1.165) is 30.4 Å². The zero-order valence-corrected chi connectivity index (χ0v) is 19.4. The van der Waals surface area contributed by atoms with Gasteiger partial charge in [0.15, 0.2) is 10.6 Å². The van der Waals surface area contributed by atoms with Crippen LogP contribution < -0.4 is 15.1 Å². The largest absolute Gasteiger partial charge is 0.494 e. The minimum absolute atomic E-state index is 0.0748. The highest BCUT2D eigenvalue weighted by Gasteiger charge is 2.44. The van der Waals surface area contributed by atoms with E-state index in [9.17, 15) is 9.59 Å². The fourth-order valence-electron chi connectivity index (χ4n) is 4.25. The molecule has 0 saturated carbocycles. The number of benzene rings is 2. The quantitative estimate of drug-likeness (QED) is 0.322. The molecular weight excluding hydrogens is 436 g/mol. The molecule has 0 spiro atoms. The third-order valence-electron chi connectivity index (χ3n) is 5.84. The Morgan fingerprint density at radius 3 is 2.82 bits per heavy atom. The Balaban J connectivity index is 1.65. The minimum Gasteiger partial charge on any atom is -0.494 e. The Hall–Kier alpha value is -3.45. The molecule has 6 nitrogen and oxygen atoms in total. The summed E-state index contributed by atoms with van der Waals surface area (Å²) in [5.41, 5.74) is 2.29. The summed E-state index contributed by atoms with van der Waals surface area (Å²) < 4.78 is 12.0. The number of thiazole rings is 1. The number of carbonyl (C=O) groups excluding carboxylic acids is 1. The molecule has 5 rings (SSSR count). The number of anilines is 1. The van der Waals surface area contributed by atoms with Crippen molar-refractivity contribution in [3.05, 3.63) is 86.7 Å². The van der Waals surface area contributed by atoms with Crippen molar-refractivity contribution in [2.75, 3.05) is 11.5 Å². The average Bonchev–Trinajstić information content (AvgIpc) is 3.44. The van der Waals surface area contributed by atoms with Crippen molar-refractivity contribution in [1.82, 2.24) is 4.98 Å². The first-order chi connectivity index (χ1) is 16.1. The van der Waals surface area contributed by atoms with E-state index in [1.165, 1.54) is 11.3 Å². The van der Waals surface area contributed by atoms with Crippen LogP contribution in [-0.4, -0.2) is 17.5 Å². The molecule has 1 aliphatic rings. The number of rotatable bonds is 7. The fraction of sp³-hybridized carbons (Fsp3) is 0.269. The van der Waals surface area contributed by atoms with Crippen LogP contribution in [0.25, 0.3) is 11.0 Å². The Bertz CT molecular complexity index is 1380. The number of ether oxygens (including phenoxy) is 1. The number of unbranched alkanes of at least 4 members (excludes halogenated alkanes) is 2. The molecule has 1 unspecified atom stereocenters. The molecule has 0 saturated heterocycles. The van der Waals surface area contributed by atoms with Crippen LogP contribution in [-0.2, 0) is 0 Å². The van der Waals surface area contributed by atoms with Gasteiger partial charge in [-0.25, -0.2) is 4.98 Å². The zero-order valence-electron chi connectivity index (χ0n) is 18.5. The lowest BCUT2D eigenvalue weighted by Gasteiger charge is -2.23. The van der Waals surface area contributed by atoms with E-state index >= 15 is 0 Å². The van der Waals surface area contributed by atoms with Gasteiger partial charge in [-0.2, -0.15) is 0 Å². The third kappa shape index (κ3) is 3.82. The second-order valence-electron chi connectivity index (χ2n) is 8.19. The van der Waals surface area contributed by atoms with E-state index in [1.54, 1.807) is 17.2 Å². The summed E-state index contributed by atoms with van der Waals surface area (Å²) in [6.45, 7) is 4.70. The average molecular weight is 461 g/mol. The summed E-state index contributed by atoms with van der Waals surface area (Å²) >= 11 is 1.35. The topological polar surface area (TPSA) is 72.6 Å². The number of aryl methyl sites for hydroxylation is 1. The summed E-state index contributed by atoms with van der Waals surface area (Å²) in [5.74, 6) is 0.425. The molecule has 0 N–H and O–H groups in total. The number of carbonyl (C=O) groups is 1. The highest BCUT2D eigenvalue weighted by atomic mass is 32.1. The molecule has 0 bridgehead atoms. The molecule has 1 aliphatic heterocycles. The molecule has 3 heterocycles. The van der Waals surface area contributed by atoms with Crippen molar-refractivity contribution in [2.24, 2.45) is 0 Å². The van der Waals surface area contributed by atoms with Crippen molar-refractivity contribution in [3.63, 3.8) is 0 Å². The maximum atomic E-state index is 13.7. The normalized spacial score (nSPS) is 15.3. The molecule has 2 aromatic heterocycles. The van der Waals surface area contributed by atoms with E-state index in [1.807, 2.05) is 48.7 Å². The van der Waals surface area contributed by atoms with E-state index in [-0.39, 0.29) is 17.1 Å². The number of nitrogens with zero attached hydrogens (tertiary/aromatic N) is 2. The predicted molar refractivity (Wildman–Crippen MR) is 129 cm³/mol. The number of hydrogen-bond acceptors (Lipinski definition) is 6. The first-order valence-electron chi connectivity index (χ1n) is 11.1. The first kappa shape index (κ1) is 21.4. The van der Waals surface area contributed by atoms with Crippen LogP contribution >= 0.6 is 11.3 Å². The van der Waals surface area contributed by atoms with Crippen LogP contribution in [0.2, 0.25) is 0 Å². The molecule has 33 heavy (non-hydrogen) atoms. The highest BCUT2D eigenvalue weighted by molar-refractivity contribution is 7.13. The van der Waals surface area contributed by atoms with Gasteiger partial charge in [0, 0.05) is 11.6 Å². The lowest BCUT2D eigenvalue weighted by Crippen LogP contribution is -2.29. The van der Waals surface area contributed by atoms with Crippen LogP contribution in [0.1, 0.15) is 59.5 Å². The number of amides is 1. The van der Waals surface area contributed by atoms with Gasteiger partial charge in [-0.3, -0.25) is 14.5 Å². The van der Waals surface area contributed by atoms with Crippen LogP contribution in [0.3, 0.4) is 0 Å². The van der Waals surface area contributed by atoms with Crippen molar-refractivity contribution >= 4 is 33.3 Å². The van der Waals surface area contributed by atoms with Crippen LogP contribution in [0.5, 0.6) is 5.75 Å². The van der Waals surface area contributed by atoms with Gasteiger partial charge in [0.25, 0.3) is 5.91 Å². The lowest BCUT2D eigenvalue weighted by atomic mass is 9.98. The van der Waals surface area contributed by atoms with Gasteiger partial charge >= 0.3 is 0 Å². The maximum absolute atomic E-state index is 13.7. The van der Waals surface area contributed by atoms with Crippen LogP contribution in [0, 0.1) is 6.92 Å². The van der Waals surface area contributed by atoms with Gasteiger partial charge in [0.05, 0.1) is 23.6 Å². The third-order valence-corrected chi connectivity index (χ3v) is 6.61. The lowest BCUT2D eigenvalue weighted by molar-refractivity contribution is 0.0971. The second kappa shape index (κ2) is 8.83. The molecule has 7 heteroatoms. The standard InChI is InChI=1S/C26H24N2O4S/c1-3-4-5-12-31-18-8-6-7-17(15-18)22-21-23(29)19-14-16(2)9-10-20(19)32-24(21)25(30)28(22)26-27-11-13-33-26/h6-11,13-15,22H,3-5,12H2,1-2H3. The van der Waals surface area contributed by atoms with Crippen LogP contribution in [0.15, 0.2) is 63.3 Å². The summed E-state index contributed by atoms with van der Waals surface area (Å²) in [4.78, 5) is 33.1. The maximum Gasteiger partial charge on any atom is 0.297 e. The van der Waals surface area contributed by atoms with Gasteiger partial charge in [-0.1, -0.05) is 43.5 Å². The predicted octanol–water partition coefficient (Wildman–Crippen LogP) is 5.88. The van der Waals surface area contributed by atoms with E-state index in [0.29, 0.717) is 34.0 Å². The van der Waals surface area contributed by atoms with E-state index in [4.69, 9.17) is 9.15 Å².